The summed E-state index contributed by atoms with van der Waals surface area (Å²) in [6.45, 7) is 0. The van der Waals surface area contributed by atoms with Crippen LogP contribution in [0.3, 0.4) is 0 Å². The summed E-state index contributed by atoms with van der Waals surface area (Å²) in [6.07, 6.45) is 4.15. The van der Waals surface area contributed by atoms with Gasteiger partial charge in [0.2, 0.25) is 10.0 Å². The van der Waals surface area contributed by atoms with Crippen LogP contribution in [0, 0.1) is 0 Å². The first kappa shape index (κ1) is 18.7. The SMILES string of the molecule is COC(=O)C1(NS(=O)(=O)c2ccc3c(c2)oc(=O)n3C)CCCCCC1. The van der Waals surface area contributed by atoms with Crippen molar-refractivity contribution < 1.29 is 22.4 Å². The number of nitrogens with one attached hydrogen (secondary N) is 1. The van der Waals surface area contributed by atoms with E-state index in [1.807, 2.05) is 0 Å². The van der Waals surface area contributed by atoms with E-state index < -0.39 is 27.3 Å². The Morgan fingerprint density at radius 2 is 1.88 bits per heavy atom. The summed E-state index contributed by atoms with van der Waals surface area (Å²) < 4.78 is 39.7. The number of nitrogens with zero attached hydrogens (tertiary/aromatic N) is 1. The molecule has 1 aliphatic rings. The van der Waals surface area contributed by atoms with Crippen LogP contribution >= 0.6 is 0 Å². The monoisotopic (exact) mass is 382 g/mol. The van der Waals surface area contributed by atoms with Gasteiger partial charge < -0.3 is 9.15 Å². The number of fused-ring (bicyclic) bond motifs is 1. The fourth-order valence-electron chi connectivity index (χ4n) is 3.47. The molecule has 1 aromatic carbocycles. The van der Waals surface area contributed by atoms with Gasteiger partial charge >= 0.3 is 11.7 Å². The van der Waals surface area contributed by atoms with Crippen LogP contribution in [0.5, 0.6) is 0 Å². The van der Waals surface area contributed by atoms with E-state index in [0.717, 1.165) is 25.7 Å². The number of ether oxygens (including phenoxy) is 1. The molecule has 2 aromatic rings. The molecule has 1 fully saturated rings. The van der Waals surface area contributed by atoms with Crippen LogP contribution in [0.15, 0.2) is 32.3 Å². The van der Waals surface area contributed by atoms with Crippen molar-refractivity contribution in [2.75, 3.05) is 7.11 Å². The Hall–Kier alpha value is -2.13. The number of benzene rings is 1. The van der Waals surface area contributed by atoms with Crippen LogP contribution in [0.25, 0.3) is 11.1 Å². The highest BCUT2D eigenvalue weighted by molar-refractivity contribution is 7.89. The Morgan fingerprint density at radius 3 is 2.50 bits per heavy atom. The van der Waals surface area contributed by atoms with Crippen LogP contribution in [-0.4, -0.2) is 31.6 Å². The fraction of sp³-hybridized carbons (Fsp3) is 0.529. The molecule has 1 saturated carbocycles. The highest BCUT2D eigenvalue weighted by Gasteiger charge is 2.43. The van der Waals surface area contributed by atoms with Crippen LogP contribution in [-0.2, 0) is 26.6 Å². The lowest BCUT2D eigenvalue weighted by Gasteiger charge is -2.30. The topological polar surface area (TPSA) is 108 Å². The van der Waals surface area contributed by atoms with Crippen molar-refractivity contribution in [3.8, 4) is 0 Å². The van der Waals surface area contributed by atoms with Crippen LogP contribution in [0.2, 0.25) is 0 Å². The Bertz CT molecular complexity index is 980. The third-order valence-electron chi connectivity index (χ3n) is 4.94. The quantitative estimate of drug-likeness (QED) is 0.637. The minimum Gasteiger partial charge on any atom is -0.468 e. The van der Waals surface area contributed by atoms with Gasteiger partial charge in [-0.3, -0.25) is 9.36 Å². The summed E-state index contributed by atoms with van der Waals surface area (Å²) in [4.78, 5) is 23.9. The number of aryl methyl sites for hydroxylation is 1. The van der Waals surface area contributed by atoms with Gasteiger partial charge in [0, 0.05) is 13.1 Å². The van der Waals surface area contributed by atoms with Gasteiger partial charge in [0.05, 0.1) is 17.5 Å². The maximum Gasteiger partial charge on any atom is 0.419 e. The summed E-state index contributed by atoms with van der Waals surface area (Å²) in [5, 5.41) is 0. The molecule has 8 nitrogen and oxygen atoms in total. The van der Waals surface area contributed by atoms with E-state index in [1.54, 1.807) is 7.05 Å². The first-order valence-corrected chi connectivity index (χ1v) is 9.99. The third kappa shape index (κ3) is 3.28. The Balaban J connectivity index is 2.00. The lowest BCUT2D eigenvalue weighted by Crippen LogP contribution is -2.54. The Labute approximate surface area is 151 Å². The van der Waals surface area contributed by atoms with Gasteiger partial charge in [-0.25, -0.2) is 13.2 Å². The van der Waals surface area contributed by atoms with E-state index in [4.69, 9.17) is 9.15 Å². The van der Waals surface area contributed by atoms with E-state index in [2.05, 4.69) is 4.72 Å². The van der Waals surface area contributed by atoms with E-state index >= 15 is 0 Å². The van der Waals surface area contributed by atoms with Gasteiger partial charge in [0.25, 0.3) is 0 Å². The van der Waals surface area contributed by atoms with Crippen molar-refractivity contribution in [2.24, 2.45) is 7.05 Å². The van der Waals surface area contributed by atoms with Crippen molar-refractivity contribution in [3.05, 3.63) is 28.7 Å². The van der Waals surface area contributed by atoms with Gasteiger partial charge in [-0.1, -0.05) is 25.7 Å². The number of hydrogen-bond acceptors (Lipinski definition) is 6. The Morgan fingerprint density at radius 1 is 1.23 bits per heavy atom. The van der Waals surface area contributed by atoms with Crippen molar-refractivity contribution in [3.63, 3.8) is 0 Å². The molecule has 1 aromatic heterocycles. The molecule has 3 rings (SSSR count). The molecular formula is C17H22N2O6S. The van der Waals surface area contributed by atoms with E-state index in [1.165, 1.54) is 29.9 Å². The lowest BCUT2D eigenvalue weighted by molar-refractivity contribution is -0.148. The molecule has 142 valence electrons. The second-order valence-electron chi connectivity index (χ2n) is 6.65. The summed E-state index contributed by atoms with van der Waals surface area (Å²) in [6, 6.07) is 4.19. The molecule has 0 bridgehead atoms. The minimum atomic E-state index is -4.01. The van der Waals surface area contributed by atoms with E-state index in [0.29, 0.717) is 18.4 Å². The molecule has 26 heavy (non-hydrogen) atoms. The molecule has 1 aliphatic carbocycles. The molecule has 0 aliphatic heterocycles. The van der Waals surface area contributed by atoms with Crippen LogP contribution < -0.4 is 10.5 Å². The third-order valence-corrected chi connectivity index (χ3v) is 6.47. The maximum absolute atomic E-state index is 12.9. The van der Waals surface area contributed by atoms with Crippen molar-refractivity contribution >= 4 is 27.1 Å². The van der Waals surface area contributed by atoms with Crippen molar-refractivity contribution in [1.82, 2.24) is 9.29 Å². The highest BCUT2D eigenvalue weighted by atomic mass is 32.2. The second kappa shape index (κ2) is 6.88. The number of esters is 1. The predicted octanol–water partition coefficient (Wildman–Crippen LogP) is 1.68. The number of carbonyl (C=O) groups is 1. The van der Waals surface area contributed by atoms with E-state index in [9.17, 15) is 18.0 Å². The molecule has 1 heterocycles. The molecule has 0 atom stereocenters. The molecule has 0 spiro atoms. The summed E-state index contributed by atoms with van der Waals surface area (Å²) in [5.41, 5.74) is -0.601. The molecule has 0 unspecified atom stereocenters. The predicted molar refractivity (Wildman–Crippen MR) is 94.2 cm³/mol. The van der Waals surface area contributed by atoms with Crippen LogP contribution in [0.1, 0.15) is 38.5 Å². The molecule has 1 N–H and O–H groups in total. The average Bonchev–Trinajstić information content (AvgIpc) is 2.78. The Kier molecular flexibility index (Phi) is 4.94. The van der Waals surface area contributed by atoms with Gasteiger partial charge in [-0.2, -0.15) is 4.72 Å². The van der Waals surface area contributed by atoms with Gasteiger partial charge in [0.15, 0.2) is 5.58 Å². The number of oxazole rings is 1. The largest absolute Gasteiger partial charge is 0.468 e. The normalized spacial score (nSPS) is 17.8. The van der Waals surface area contributed by atoms with Crippen LogP contribution in [0.4, 0.5) is 0 Å². The van der Waals surface area contributed by atoms with Gasteiger partial charge in [0.1, 0.15) is 5.54 Å². The average molecular weight is 382 g/mol. The number of carbonyl (C=O) groups excluding carboxylic acids is 1. The van der Waals surface area contributed by atoms with Gasteiger partial charge in [-0.05, 0) is 25.0 Å². The summed E-state index contributed by atoms with van der Waals surface area (Å²) >= 11 is 0. The zero-order chi connectivity index (χ0) is 18.9. The second-order valence-corrected chi connectivity index (χ2v) is 8.33. The zero-order valence-corrected chi connectivity index (χ0v) is 15.6. The first-order valence-electron chi connectivity index (χ1n) is 8.51. The number of hydrogen-bond donors (Lipinski definition) is 1. The number of sulfonamides is 1. The maximum atomic E-state index is 12.9. The summed E-state index contributed by atoms with van der Waals surface area (Å²) in [7, 11) is -1.21. The molecule has 9 heteroatoms. The number of aromatic nitrogens is 1. The first-order chi connectivity index (χ1) is 12.3. The molecular weight excluding hydrogens is 360 g/mol. The summed E-state index contributed by atoms with van der Waals surface area (Å²) in [5.74, 6) is -1.15. The zero-order valence-electron chi connectivity index (χ0n) is 14.8. The standard InChI is InChI=1S/C17H22N2O6S/c1-19-13-8-7-12(11-14(13)25-16(19)21)26(22,23)18-17(15(20)24-2)9-5-3-4-6-10-17/h7-8,11,18H,3-6,9-10H2,1-2H3. The smallest absolute Gasteiger partial charge is 0.419 e. The lowest BCUT2D eigenvalue weighted by atomic mass is 9.92. The minimum absolute atomic E-state index is 0.0631. The molecule has 0 amide bonds. The molecule has 0 saturated heterocycles. The highest BCUT2D eigenvalue weighted by Crippen LogP contribution is 2.30. The van der Waals surface area contributed by atoms with Crippen molar-refractivity contribution in [1.29, 1.82) is 0 Å². The number of rotatable bonds is 4. The van der Waals surface area contributed by atoms with E-state index in [-0.39, 0.29) is 10.5 Å². The van der Waals surface area contributed by atoms with Crippen molar-refractivity contribution in [2.45, 2.75) is 49.0 Å². The van der Waals surface area contributed by atoms with Gasteiger partial charge in [-0.15, -0.1) is 0 Å². The molecule has 0 radical (unpaired) electrons. The fourth-order valence-corrected chi connectivity index (χ4v) is 4.90. The number of methoxy groups -OCH3 is 1.